The summed E-state index contributed by atoms with van der Waals surface area (Å²) < 4.78 is 4.84. The third kappa shape index (κ3) is 5.52. The fraction of sp³-hybridized carbons (Fsp3) is 0.600. The van der Waals surface area contributed by atoms with Crippen LogP contribution in [0.3, 0.4) is 0 Å². The van der Waals surface area contributed by atoms with Gasteiger partial charge in [0, 0.05) is 29.6 Å². The van der Waals surface area contributed by atoms with Gasteiger partial charge in [0.25, 0.3) is 0 Å². The van der Waals surface area contributed by atoms with Crippen molar-refractivity contribution >= 4 is 11.9 Å². The second kappa shape index (κ2) is 10.0. The third-order valence-corrected chi connectivity index (χ3v) is 5.43. The quantitative estimate of drug-likeness (QED) is 0.427. The topological polar surface area (TPSA) is 98.5 Å². The van der Waals surface area contributed by atoms with Crippen LogP contribution in [0.15, 0.2) is 30.3 Å². The van der Waals surface area contributed by atoms with E-state index in [4.69, 9.17) is 4.74 Å². The Hall–Kier alpha value is -2.44. The Morgan fingerprint density at radius 1 is 1.26 bits per heavy atom. The monoisotopic (exact) mass is 376 g/mol. The molecule has 0 bridgehead atoms. The van der Waals surface area contributed by atoms with E-state index in [1.807, 2.05) is 37.3 Å². The summed E-state index contributed by atoms with van der Waals surface area (Å²) in [4.78, 5) is 36.3. The molecule has 0 spiro atoms. The van der Waals surface area contributed by atoms with Crippen molar-refractivity contribution < 1.29 is 19.2 Å². The van der Waals surface area contributed by atoms with E-state index in [1.54, 1.807) is 0 Å². The predicted molar refractivity (Wildman–Crippen MR) is 101 cm³/mol. The van der Waals surface area contributed by atoms with Crippen LogP contribution in [-0.4, -0.2) is 36.0 Å². The summed E-state index contributed by atoms with van der Waals surface area (Å²) in [5.74, 6) is -1.60. The standard InChI is InChI=1S/C20H28N2O5/c1-3-15(16-11-7-8-12-18(16)22(25)26)19(23)21-17(20(24)27-2)13-14-9-5-4-6-10-14/h4-6,9-10,15-18H,3,7-8,11-13H2,1-2H3,(H,21,23). The number of ether oxygens (including phenoxy) is 1. The van der Waals surface area contributed by atoms with Gasteiger partial charge in [0.15, 0.2) is 0 Å². The lowest BCUT2D eigenvalue weighted by Gasteiger charge is -2.31. The third-order valence-electron chi connectivity index (χ3n) is 5.43. The fourth-order valence-electron chi connectivity index (χ4n) is 4.02. The van der Waals surface area contributed by atoms with Gasteiger partial charge in [-0.15, -0.1) is 0 Å². The molecule has 148 valence electrons. The van der Waals surface area contributed by atoms with E-state index < -0.39 is 24.0 Å². The molecule has 1 aliphatic rings. The van der Waals surface area contributed by atoms with Gasteiger partial charge in [0.2, 0.25) is 11.9 Å². The van der Waals surface area contributed by atoms with Crippen molar-refractivity contribution in [2.45, 2.75) is 57.5 Å². The van der Waals surface area contributed by atoms with Gasteiger partial charge < -0.3 is 10.1 Å². The molecule has 1 amide bonds. The van der Waals surface area contributed by atoms with Crippen LogP contribution < -0.4 is 5.32 Å². The number of methoxy groups -OCH3 is 1. The number of nitro groups is 1. The molecule has 0 saturated heterocycles. The number of carbonyl (C=O) groups is 2. The number of esters is 1. The molecule has 1 N–H and O–H groups in total. The van der Waals surface area contributed by atoms with Gasteiger partial charge in [-0.3, -0.25) is 14.9 Å². The number of hydrogen-bond acceptors (Lipinski definition) is 5. The van der Waals surface area contributed by atoms with Crippen molar-refractivity contribution in [3.8, 4) is 0 Å². The highest BCUT2D eigenvalue weighted by Gasteiger charge is 2.42. The summed E-state index contributed by atoms with van der Waals surface area (Å²) in [6, 6.07) is 7.86. The number of benzene rings is 1. The lowest BCUT2D eigenvalue weighted by Crippen LogP contribution is -2.49. The second-order valence-electron chi connectivity index (χ2n) is 7.09. The van der Waals surface area contributed by atoms with Crippen molar-refractivity contribution in [3.63, 3.8) is 0 Å². The van der Waals surface area contributed by atoms with Crippen LogP contribution in [0.5, 0.6) is 0 Å². The summed E-state index contributed by atoms with van der Waals surface area (Å²) in [5, 5.41) is 14.2. The maximum absolute atomic E-state index is 12.9. The molecule has 4 unspecified atom stereocenters. The van der Waals surface area contributed by atoms with E-state index >= 15 is 0 Å². The SMILES string of the molecule is CCC(C(=O)NC(Cc1ccccc1)C(=O)OC)C1CCCCC1[N+](=O)[O-]. The van der Waals surface area contributed by atoms with E-state index in [-0.39, 0.29) is 16.7 Å². The van der Waals surface area contributed by atoms with Gasteiger partial charge >= 0.3 is 5.97 Å². The minimum atomic E-state index is -0.809. The molecule has 1 saturated carbocycles. The summed E-state index contributed by atoms with van der Waals surface area (Å²) in [5.41, 5.74) is 0.905. The van der Waals surface area contributed by atoms with Gasteiger partial charge in [-0.05, 0) is 24.8 Å². The largest absolute Gasteiger partial charge is 0.467 e. The van der Waals surface area contributed by atoms with E-state index in [0.29, 0.717) is 25.7 Å². The number of nitrogens with zero attached hydrogens (tertiary/aromatic N) is 1. The van der Waals surface area contributed by atoms with Crippen LogP contribution in [0, 0.1) is 22.0 Å². The first kappa shape index (κ1) is 20.9. The smallest absolute Gasteiger partial charge is 0.328 e. The molecule has 1 fully saturated rings. The van der Waals surface area contributed by atoms with Crippen LogP contribution in [-0.2, 0) is 20.7 Å². The summed E-state index contributed by atoms with van der Waals surface area (Å²) in [7, 11) is 1.29. The minimum Gasteiger partial charge on any atom is -0.467 e. The molecule has 0 radical (unpaired) electrons. The van der Waals surface area contributed by atoms with E-state index in [2.05, 4.69) is 5.32 Å². The highest BCUT2D eigenvalue weighted by atomic mass is 16.6. The van der Waals surface area contributed by atoms with Crippen molar-refractivity contribution in [1.29, 1.82) is 0 Å². The van der Waals surface area contributed by atoms with E-state index in [1.165, 1.54) is 7.11 Å². The molecule has 7 heteroatoms. The maximum Gasteiger partial charge on any atom is 0.328 e. The molecule has 27 heavy (non-hydrogen) atoms. The van der Waals surface area contributed by atoms with E-state index in [9.17, 15) is 19.7 Å². The van der Waals surface area contributed by atoms with Gasteiger partial charge in [-0.1, -0.05) is 43.7 Å². The van der Waals surface area contributed by atoms with Crippen molar-refractivity contribution in [2.75, 3.05) is 7.11 Å². The average Bonchev–Trinajstić information content (AvgIpc) is 2.68. The molecule has 0 aromatic heterocycles. The van der Waals surface area contributed by atoms with Gasteiger partial charge in [0.05, 0.1) is 7.11 Å². The zero-order valence-corrected chi connectivity index (χ0v) is 15.9. The lowest BCUT2D eigenvalue weighted by molar-refractivity contribution is -0.537. The average molecular weight is 376 g/mol. The lowest BCUT2D eigenvalue weighted by atomic mass is 9.75. The first-order valence-corrected chi connectivity index (χ1v) is 9.53. The Labute approximate surface area is 159 Å². The summed E-state index contributed by atoms with van der Waals surface area (Å²) in [6.45, 7) is 1.86. The van der Waals surface area contributed by atoms with Crippen molar-refractivity contribution in [3.05, 3.63) is 46.0 Å². The van der Waals surface area contributed by atoms with E-state index in [0.717, 1.165) is 18.4 Å². The Morgan fingerprint density at radius 3 is 2.52 bits per heavy atom. The van der Waals surface area contributed by atoms with Gasteiger partial charge in [0.1, 0.15) is 6.04 Å². The van der Waals surface area contributed by atoms with Crippen molar-refractivity contribution in [1.82, 2.24) is 5.32 Å². The molecule has 1 aromatic carbocycles. The highest BCUT2D eigenvalue weighted by molar-refractivity contribution is 5.86. The van der Waals surface area contributed by atoms with Gasteiger partial charge in [-0.25, -0.2) is 4.79 Å². The number of hydrogen-bond donors (Lipinski definition) is 1. The summed E-state index contributed by atoms with van der Waals surface area (Å²) in [6.07, 6.45) is 3.70. The molecule has 1 aromatic rings. The molecular formula is C20H28N2O5. The zero-order valence-electron chi connectivity index (χ0n) is 15.9. The first-order valence-electron chi connectivity index (χ1n) is 9.53. The fourth-order valence-corrected chi connectivity index (χ4v) is 4.02. The Balaban J connectivity index is 2.13. The zero-order chi connectivity index (χ0) is 19.8. The van der Waals surface area contributed by atoms with Crippen LogP contribution >= 0.6 is 0 Å². The highest BCUT2D eigenvalue weighted by Crippen LogP contribution is 2.34. The van der Waals surface area contributed by atoms with Crippen molar-refractivity contribution in [2.24, 2.45) is 11.8 Å². The molecule has 7 nitrogen and oxygen atoms in total. The molecule has 0 aliphatic heterocycles. The molecule has 4 atom stereocenters. The van der Waals surface area contributed by atoms with Crippen LogP contribution in [0.25, 0.3) is 0 Å². The second-order valence-corrected chi connectivity index (χ2v) is 7.09. The summed E-state index contributed by atoms with van der Waals surface area (Å²) >= 11 is 0. The van der Waals surface area contributed by atoms with Crippen LogP contribution in [0.4, 0.5) is 0 Å². The molecule has 2 rings (SSSR count). The first-order chi connectivity index (χ1) is 13.0. The van der Waals surface area contributed by atoms with Crippen LogP contribution in [0.1, 0.15) is 44.6 Å². The number of carbonyl (C=O) groups excluding carboxylic acids is 2. The predicted octanol–water partition coefficient (Wildman–Crippen LogP) is 2.75. The Bertz CT molecular complexity index is 649. The van der Waals surface area contributed by atoms with Gasteiger partial charge in [-0.2, -0.15) is 0 Å². The Kier molecular flexibility index (Phi) is 7.76. The maximum atomic E-state index is 12.9. The molecule has 0 heterocycles. The number of amides is 1. The normalized spacial score (nSPS) is 21.7. The van der Waals surface area contributed by atoms with Crippen LogP contribution in [0.2, 0.25) is 0 Å². The number of nitrogens with one attached hydrogen (secondary N) is 1. The minimum absolute atomic E-state index is 0.248. The number of rotatable bonds is 8. The molecular weight excluding hydrogens is 348 g/mol. The molecule has 1 aliphatic carbocycles. The Morgan fingerprint density at radius 2 is 1.93 bits per heavy atom.